The van der Waals surface area contributed by atoms with Crippen molar-refractivity contribution in [2.45, 2.75) is 82.0 Å². The molecule has 0 aliphatic heterocycles. The second-order valence-corrected chi connectivity index (χ2v) is 12.0. The normalized spacial score (nSPS) is 17.9. The van der Waals surface area contributed by atoms with Crippen molar-refractivity contribution in [3.05, 3.63) is 131 Å². The minimum absolute atomic E-state index is 0.0161. The van der Waals surface area contributed by atoms with Gasteiger partial charge in [-0.15, -0.1) is 0 Å². The summed E-state index contributed by atoms with van der Waals surface area (Å²) in [5.74, 6) is 0.991. The molecule has 4 aromatic carbocycles. The van der Waals surface area contributed by atoms with E-state index in [0.717, 1.165) is 25.7 Å². The Morgan fingerprint density at radius 2 is 0.854 bits per heavy atom. The molecule has 0 atom stereocenters. The predicted molar refractivity (Wildman–Crippen MR) is 165 cm³/mol. The van der Waals surface area contributed by atoms with Gasteiger partial charge in [-0.1, -0.05) is 123 Å². The second kappa shape index (κ2) is 11.9. The van der Waals surface area contributed by atoms with E-state index in [9.17, 15) is 4.79 Å². The summed E-state index contributed by atoms with van der Waals surface area (Å²) in [7, 11) is 0. The van der Waals surface area contributed by atoms with Crippen LogP contribution in [-0.4, -0.2) is 6.16 Å². The molecule has 210 valence electrons. The molecule has 41 heavy (non-hydrogen) atoms. The lowest BCUT2D eigenvalue weighted by Crippen LogP contribution is -2.30. The molecule has 0 aromatic heterocycles. The summed E-state index contributed by atoms with van der Waals surface area (Å²) in [4.78, 5) is 12.7. The molecule has 0 saturated heterocycles. The quantitative estimate of drug-likeness (QED) is 0.179. The number of benzene rings is 4. The zero-order chi connectivity index (χ0) is 28.1. The van der Waals surface area contributed by atoms with Crippen LogP contribution >= 0.6 is 0 Å². The first kappa shape index (κ1) is 27.3. The molecule has 0 radical (unpaired) electrons. The largest absolute Gasteiger partial charge is 0.519 e. The third-order valence-electron chi connectivity index (χ3n) is 9.56. The third kappa shape index (κ3) is 5.68. The molecule has 2 saturated carbocycles. The lowest BCUT2D eigenvalue weighted by Gasteiger charge is -2.38. The van der Waals surface area contributed by atoms with Gasteiger partial charge in [0.05, 0.1) is 0 Å². The average Bonchev–Trinajstić information content (AvgIpc) is 3.03. The van der Waals surface area contributed by atoms with Gasteiger partial charge < -0.3 is 9.47 Å². The molecule has 3 nitrogen and oxygen atoms in total. The molecule has 2 aliphatic carbocycles. The summed E-state index contributed by atoms with van der Waals surface area (Å²) in [6.45, 7) is 2.13. The Bertz CT molecular complexity index is 1420. The summed E-state index contributed by atoms with van der Waals surface area (Å²) >= 11 is 0. The summed E-state index contributed by atoms with van der Waals surface area (Å²) < 4.78 is 11.2. The van der Waals surface area contributed by atoms with E-state index in [2.05, 4.69) is 85.8 Å². The van der Waals surface area contributed by atoms with E-state index in [1.807, 2.05) is 24.3 Å². The summed E-state index contributed by atoms with van der Waals surface area (Å²) in [6, 6.07) is 35.9. The number of carbonyl (C=O) groups excluding carboxylic acids is 1. The van der Waals surface area contributed by atoms with E-state index in [1.165, 1.54) is 66.3 Å². The number of ether oxygens (including phenoxy) is 2. The zero-order valence-corrected chi connectivity index (χ0v) is 24.1. The molecular formula is C38H40O3. The summed E-state index contributed by atoms with van der Waals surface area (Å²) in [5, 5.41) is 0. The van der Waals surface area contributed by atoms with Crippen LogP contribution < -0.4 is 9.47 Å². The van der Waals surface area contributed by atoms with Gasteiger partial charge in [0, 0.05) is 10.8 Å². The van der Waals surface area contributed by atoms with Crippen LogP contribution in [0, 0.1) is 6.92 Å². The molecule has 2 aliphatic rings. The molecule has 2 fully saturated rings. The fourth-order valence-electron chi connectivity index (χ4n) is 7.33. The SMILES string of the molecule is Cc1ccc(C2(c3ccc(OC(=O)Oc4ccc(C5(c6ccccc6)CCCCC5)cc4)cc3)CCCCC2)cc1. The minimum Gasteiger partial charge on any atom is -0.395 e. The van der Waals surface area contributed by atoms with Gasteiger partial charge in [-0.3, -0.25) is 0 Å². The van der Waals surface area contributed by atoms with Crippen molar-refractivity contribution in [1.29, 1.82) is 0 Å². The van der Waals surface area contributed by atoms with Gasteiger partial charge in [-0.25, -0.2) is 4.79 Å². The van der Waals surface area contributed by atoms with Crippen molar-refractivity contribution in [3.63, 3.8) is 0 Å². The van der Waals surface area contributed by atoms with Crippen LogP contribution in [0.15, 0.2) is 103 Å². The highest BCUT2D eigenvalue weighted by Gasteiger charge is 2.36. The van der Waals surface area contributed by atoms with Gasteiger partial charge >= 0.3 is 6.16 Å². The van der Waals surface area contributed by atoms with Crippen LogP contribution in [0.1, 0.15) is 92.0 Å². The molecule has 0 amide bonds. The maximum Gasteiger partial charge on any atom is 0.519 e. The molecule has 3 heteroatoms. The molecular weight excluding hydrogens is 504 g/mol. The van der Waals surface area contributed by atoms with Crippen LogP contribution in [0.25, 0.3) is 0 Å². The van der Waals surface area contributed by atoms with Crippen LogP contribution in [-0.2, 0) is 10.8 Å². The van der Waals surface area contributed by atoms with Crippen molar-refractivity contribution in [2.24, 2.45) is 0 Å². The zero-order valence-electron chi connectivity index (χ0n) is 24.1. The van der Waals surface area contributed by atoms with E-state index in [4.69, 9.17) is 9.47 Å². The van der Waals surface area contributed by atoms with E-state index in [1.54, 1.807) is 0 Å². The van der Waals surface area contributed by atoms with E-state index in [-0.39, 0.29) is 10.8 Å². The first-order chi connectivity index (χ1) is 20.1. The van der Waals surface area contributed by atoms with Gasteiger partial charge in [0.25, 0.3) is 0 Å². The Morgan fingerprint density at radius 3 is 1.27 bits per heavy atom. The van der Waals surface area contributed by atoms with Gasteiger partial charge in [-0.05, 0) is 79.1 Å². The average molecular weight is 545 g/mol. The minimum atomic E-state index is -0.716. The number of rotatable bonds is 6. The highest BCUT2D eigenvalue weighted by molar-refractivity contribution is 5.67. The van der Waals surface area contributed by atoms with Crippen LogP contribution in [0.5, 0.6) is 11.5 Å². The van der Waals surface area contributed by atoms with E-state index >= 15 is 0 Å². The van der Waals surface area contributed by atoms with Gasteiger partial charge in [0.2, 0.25) is 0 Å². The van der Waals surface area contributed by atoms with Crippen LogP contribution in [0.3, 0.4) is 0 Å². The molecule has 6 rings (SSSR count). The summed E-state index contributed by atoms with van der Waals surface area (Å²) in [6.07, 6.45) is 11.3. The Kier molecular flexibility index (Phi) is 7.96. The van der Waals surface area contributed by atoms with Crippen LogP contribution in [0.4, 0.5) is 4.79 Å². The smallest absolute Gasteiger partial charge is 0.395 e. The van der Waals surface area contributed by atoms with E-state index in [0.29, 0.717) is 11.5 Å². The van der Waals surface area contributed by atoms with Crippen molar-refractivity contribution < 1.29 is 14.3 Å². The Hall–Kier alpha value is -3.85. The summed E-state index contributed by atoms with van der Waals surface area (Å²) in [5.41, 5.74) is 6.63. The molecule has 0 N–H and O–H groups in total. The fourth-order valence-corrected chi connectivity index (χ4v) is 7.33. The highest BCUT2D eigenvalue weighted by Crippen LogP contribution is 2.46. The van der Waals surface area contributed by atoms with Gasteiger partial charge in [-0.2, -0.15) is 0 Å². The van der Waals surface area contributed by atoms with E-state index < -0.39 is 6.16 Å². The maximum atomic E-state index is 12.7. The Balaban J connectivity index is 1.14. The van der Waals surface area contributed by atoms with Crippen molar-refractivity contribution in [3.8, 4) is 11.5 Å². The van der Waals surface area contributed by atoms with Crippen molar-refractivity contribution >= 4 is 6.16 Å². The molecule has 0 unspecified atom stereocenters. The monoisotopic (exact) mass is 544 g/mol. The Labute approximate surface area is 244 Å². The predicted octanol–water partition coefficient (Wildman–Crippen LogP) is 10.1. The molecule has 0 spiro atoms. The maximum absolute atomic E-state index is 12.7. The van der Waals surface area contributed by atoms with Gasteiger partial charge in [0.15, 0.2) is 0 Å². The molecule has 0 bridgehead atoms. The van der Waals surface area contributed by atoms with Crippen molar-refractivity contribution in [1.82, 2.24) is 0 Å². The third-order valence-corrected chi connectivity index (χ3v) is 9.56. The van der Waals surface area contributed by atoms with Crippen LogP contribution in [0.2, 0.25) is 0 Å². The number of carbonyl (C=O) groups is 1. The Morgan fingerprint density at radius 1 is 0.488 bits per heavy atom. The van der Waals surface area contributed by atoms with Gasteiger partial charge in [0.1, 0.15) is 11.5 Å². The first-order valence-electron chi connectivity index (χ1n) is 15.3. The molecule has 0 heterocycles. The number of aryl methyl sites for hydroxylation is 1. The standard InChI is InChI=1S/C38H40O3/c1-29-13-15-31(16-14-29)38(27-9-4-10-28-38)33-19-23-35(24-20-33)41-36(39)40-34-21-17-32(18-22-34)37(25-7-3-8-26-37)30-11-5-2-6-12-30/h2,5-6,11-24H,3-4,7-10,25-28H2,1H3. The topological polar surface area (TPSA) is 35.5 Å². The number of hydrogen-bond donors (Lipinski definition) is 0. The highest BCUT2D eigenvalue weighted by atomic mass is 16.7. The molecule has 4 aromatic rings. The lowest BCUT2D eigenvalue weighted by atomic mass is 9.65. The fraction of sp³-hybridized carbons (Fsp3) is 0.342. The second-order valence-electron chi connectivity index (χ2n) is 12.0. The lowest BCUT2D eigenvalue weighted by molar-refractivity contribution is 0.152. The number of hydrogen-bond acceptors (Lipinski definition) is 3. The van der Waals surface area contributed by atoms with Crippen molar-refractivity contribution in [2.75, 3.05) is 0 Å². The first-order valence-corrected chi connectivity index (χ1v) is 15.3.